The molecule has 2 aliphatic rings. The molecule has 0 spiro atoms. The van der Waals surface area contributed by atoms with E-state index in [9.17, 15) is 8.42 Å². The maximum Gasteiger partial charge on any atom is 0.214 e. The van der Waals surface area contributed by atoms with E-state index in [1.165, 1.54) is 11.1 Å². The Balaban J connectivity index is 0.00000300. The molecule has 6 nitrogen and oxygen atoms in total. The average Bonchev–Trinajstić information content (AvgIpc) is 3.41. The number of rotatable bonds is 7. The van der Waals surface area contributed by atoms with Crippen molar-refractivity contribution in [1.82, 2.24) is 14.9 Å². The van der Waals surface area contributed by atoms with Crippen LogP contribution >= 0.6 is 24.0 Å². The largest absolute Gasteiger partial charge is 0.354 e. The summed E-state index contributed by atoms with van der Waals surface area (Å²) in [4.78, 5) is 4.61. The smallest absolute Gasteiger partial charge is 0.214 e. The Hall–Kier alpha value is -0.870. The van der Waals surface area contributed by atoms with Gasteiger partial charge in [-0.1, -0.05) is 31.2 Å². The minimum Gasteiger partial charge on any atom is -0.354 e. The second-order valence-electron chi connectivity index (χ2n) is 7.91. The van der Waals surface area contributed by atoms with Gasteiger partial charge in [-0.05, 0) is 50.7 Å². The van der Waals surface area contributed by atoms with Crippen molar-refractivity contribution in [3.05, 3.63) is 35.4 Å². The summed E-state index contributed by atoms with van der Waals surface area (Å²) < 4.78 is 26.1. The maximum absolute atomic E-state index is 12.2. The number of hydrogen-bond acceptors (Lipinski definition) is 3. The predicted octanol–water partition coefficient (Wildman–Crippen LogP) is 3.23. The van der Waals surface area contributed by atoms with E-state index in [1.54, 1.807) is 4.31 Å². The van der Waals surface area contributed by atoms with Crippen LogP contribution in [0.25, 0.3) is 0 Å². The van der Waals surface area contributed by atoms with Crippen LogP contribution in [0.15, 0.2) is 29.3 Å². The van der Waals surface area contributed by atoms with Crippen LogP contribution in [0.3, 0.4) is 0 Å². The fourth-order valence-electron chi connectivity index (χ4n) is 4.03. The zero-order chi connectivity index (χ0) is 20.1. The number of piperidine rings is 1. The van der Waals surface area contributed by atoms with Gasteiger partial charge in [0.15, 0.2) is 5.96 Å². The summed E-state index contributed by atoms with van der Waals surface area (Å²) in [7, 11) is -3.09. The van der Waals surface area contributed by atoms with Crippen LogP contribution in [0.5, 0.6) is 0 Å². The molecule has 8 heteroatoms. The second-order valence-corrected chi connectivity index (χ2v) is 9.99. The quantitative estimate of drug-likeness (QED) is 0.320. The Kier molecular flexibility index (Phi) is 9.21. The summed E-state index contributed by atoms with van der Waals surface area (Å²) >= 11 is 0. The van der Waals surface area contributed by atoms with E-state index in [-0.39, 0.29) is 35.8 Å². The van der Waals surface area contributed by atoms with Gasteiger partial charge in [0.25, 0.3) is 0 Å². The number of halogens is 1. The third-order valence-electron chi connectivity index (χ3n) is 5.67. The summed E-state index contributed by atoms with van der Waals surface area (Å²) in [5.41, 5.74) is 2.77. The highest BCUT2D eigenvalue weighted by atomic mass is 127. The summed E-state index contributed by atoms with van der Waals surface area (Å²) in [5.74, 6) is 1.65. The molecule has 1 aromatic carbocycles. The molecular weight excluding hydrogens is 499 g/mol. The van der Waals surface area contributed by atoms with Crippen LogP contribution in [0, 0.1) is 6.92 Å². The molecule has 2 unspecified atom stereocenters. The first kappa shape index (κ1) is 24.4. The molecule has 164 valence electrons. The molecule has 1 heterocycles. The molecule has 0 aromatic heterocycles. The van der Waals surface area contributed by atoms with E-state index in [0.29, 0.717) is 31.5 Å². The Labute approximate surface area is 193 Å². The molecule has 0 amide bonds. The first-order valence-electron chi connectivity index (χ1n) is 10.6. The van der Waals surface area contributed by atoms with Crippen molar-refractivity contribution in [2.75, 3.05) is 25.4 Å². The molecular formula is C21H35IN4O2S. The lowest BCUT2D eigenvalue weighted by atomic mass is 10.0. The first-order valence-corrected chi connectivity index (χ1v) is 12.2. The van der Waals surface area contributed by atoms with E-state index in [0.717, 1.165) is 31.8 Å². The molecule has 2 atom stereocenters. The normalized spacial score (nSPS) is 23.3. The highest BCUT2D eigenvalue weighted by Crippen LogP contribution is 2.42. The van der Waals surface area contributed by atoms with E-state index in [1.807, 2.05) is 13.8 Å². The summed E-state index contributed by atoms with van der Waals surface area (Å²) in [6, 6.07) is 9.27. The van der Waals surface area contributed by atoms with Gasteiger partial charge in [0, 0.05) is 37.6 Å². The number of sulfonamides is 1. The van der Waals surface area contributed by atoms with Crippen molar-refractivity contribution in [3.8, 4) is 0 Å². The van der Waals surface area contributed by atoms with Crippen LogP contribution in [0.4, 0.5) is 0 Å². The molecule has 1 saturated carbocycles. The van der Waals surface area contributed by atoms with Crippen LogP contribution in [0.2, 0.25) is 0 Å². The molecule has 1 aromatic rings. The average molecular weight is 535 g/mol. The number of guanidine groups is 1. The Morgan fingerprint density at radius 2 is 1.86 bits per heavy atom. The number of aryl methyl sites for hydroxylation is 1. The Bertz CT molecular complexity index is 792. The number of nitrogens with one attached hydrogen (secondary N) is 2. The van der Waals surface area contributed by atoms with Gasteiger partial charge in [-0.15, -0.1) is 24.0 Å². The summed E-state index contributed by atoms with van der Waals surface area (Å²) in [5, 5.41) is 7.12. The SMILES string of the molecule is CCCS(=O)(=O)N1CCC(NC(=NCC)NC2CC2c2ccccc2C)CC1.I. The van der Waals surface area contributed by atoms with Gasteiger partial charge in [0.05, 0.1) is 5.75 Å². The van der Waals surface area contributed by atoms with Gasteiger partial charge in [-0.3, -0.25) is 4.99 Å². The first-order chi connectivity index (χ1) is 13.4. The monoisotopic (exact) mass is 534 g/mol. The van der Waals surface area contributed by atoms with Crippen LogP contribution in [0.1, 0.15) is 56.6 Å². The van der Waals surface area contributed by atoms with Crippen molar-refractivity contribution in [1.29, 1.82) is 0 Å². The molecule has 1 saturated heterocycles. The third kappa shape index (κ3) is 6.55. The van der Waals surface area contributed by atoms with Crippen molar-refractivity contribution in [2.24, 2.45) is 4.99 Å². The van der Waals surface area contributed by atoms with E-state index < -0.39 is 10.0 Å². The maximum atomic E-state index is 12.2. The lowest BCUT2D eigenvalue weighted by Gasteiger charge is -2.32. The van der Waals surface area contributed by atoms with Gasteiger partial charge >= 0.3 is 0 Å². The number of hydrogen-bond donors (Lipinski definition) is 2. The van der Waals surface area contributed by atoms with Crippen LogP contribution in [-0.2, 0) is 10.0 Å². The van der Waals surface area contributed by atoms with Crippen LogP contribution < -0.4 is 10.6 Å². The Morgan fingerprint density at radius 3 is 2.48 bits per heavy atom. The topological polar surface area (TPSA) is 73.8 Å². The second kappa shape index (κ2) is 10.9. The molecule has 1 aliphatic carbocycles. The fraction of sp³-hybridized carbons (Fsp3) is 0.667. The molecule has 1 aliphatic heterocycles. The standard InChI is InChI=1S/C21H34N4O2S.HI/c1-4-14-28(26,27)25-12-10-17(11-13-25)23-21(22-5-2)24-20-15-19(20)18-9-7-6-8-16(18)3;/h6-9,17,19-20H,4-5,10-15H2,1-3H3,(H2,22,23,24);1H. The lowest BCUT2D eigenvalue weighted by Crippen LogP contribution is -2.50. The van der Waals surface area contributed by atoms with Crippen molar-refractivity contribution < 1.29 is 8.42 Å². The zero-order valence-electron chi connectivity index (χ0n) is 17.7. The summed E-state index contributed by atoms with van der Waals surface area (Å²) in [6.45, 7) is 8.02. The predicted molar refractivity (Wildman–Crippen MR) is 131 cm³/mol. The molecule has 0 bridgehead atoms. The molecule has 29 heavy (non-hydrogen) atoms. The van der Waals surface area contributed by atoms with E-state index in [2.05, 4.69) is 46.8 Å². The highest BCUT2D eigenvalue weighted by molar-refractivity contribution is 14.0. The molecule has 3 rings (SSSR count). The van der Waals surface area contributed by atoms with Crippen LogP contribution in [-0.4, -0.2) is 56.2 Å². The molecule has 2 fully saturated rings. The minimum absolute atomic E-state index is 0. The minimum atomic E-state index is -3.09. The van der Waals surface area contributed by atoms with Crippen molar-refractivity contribution >= 4 is 40.0 Å². The van der Waals surface area contributed by atoms with Crippen molar-refractivity contribution in [2.45, 2.75) is 64.5 Å². The fourth-order valence-corrected chi connectivity index (χ4v) is 5.57. The lowest BCUT2D eigenvalue weighted by molar-refractivity contribution is 0.306. The summed E-state index contributed by atoms with van der Waals surface area (Å²) in [6.07, 6.45) is 3.43. The van der Waals surface area contributed by atoms with Gasteiger partial charge in [0.2, 0.25) is 10.0 Å². The molecule has 0 radical (unpaired) electrons. The van der Waals surface area contributed by atoms with Gasteiger partial charge in [-0.25, -0.2) is 12.7 Å². The van der Waals surface area contributed by atoms with Gasteiger partial charge in [0.1, 0.15) is 0 Å². The van der Waals surface area contributed by atoms with Crippen molar-refractivity contribution in [3.63, 3.8) is 0 Å². The zero-order valence-corrected chi connectivity index (χ0v) is 20.9. The highest BCUT2D eigenvalue weighted by Gasteiger charge is 2.40. The van der Waals surface area contributed by atoms with E-state index in [4.69, 9.17) is 0 Å². The third-order valence-corrected chi connectivity index (χ3v) is 7.74. The van der Waals surface area contributed by atoms with Gasteiger partial charge in [-0.2, -0.15) is 0 Å². The number of aliphatic imine (C=N–C) groups is 1. The van der Waals surface area contributed by atoms with Gasteiger partial charge < -0.3 is 10.6 Å². The molecule has 2 N–H and O–H groups in total. The number of nitrogens with zero attached hydrogens (tertiary/aromatic N) is 2. The van der Waals surface area contributed by atoms with E-state index >= 15 is 0 Å². The number of benzene rings is 1. The Morgan fingerprint density at radius 1 is 1.17 bits per heavy atom.